The molecule has 2 radical (unpaired) electrons. The van der Waals surface area contributed by atoms with Crippen LogP contribution in [0.3, 0.4) is 0 Å². The Morgan fingerprint density at radius 2 is 1.86 bits per heavy atom. The highest BCUT2D eigenvalue weighted by Gasteiger charge is 2.32. The smallest absolute Gasteiger partial charge is 0.268 e. The van der Waals surface area contributed by atoms with Crippen molar-refractivity contribution in [3.05, 3.63) is 71.0 Å². The van der Waals surface area contributed by atoms with Gasteiger partial charge in [-0.15, -0.1) is 0 Å². The number of methoxy groups -OCH3 is 1. The second kappa shape index (κ2) is 13.5. The molecule has 1 aromatic carbocycles. The summed E-state index contributed by atoms with van der Waals surface area (Å²) in [5, 5.41) is 9.64. The molecule has 0 spiro atoms. The molecule has 0 saturated heterocycles. The molecule has 1 aliphatic rings. The van der Waals surface area contributed by atoms with Crippen LogP contribution in [0, 0.1) is 0 Å². The number of alkyl halides is 2. The summed E-state index contributed by atoms with van der Waals surface area (Å²) in [4.78, 5) is 19.3. The number of nitrogens with zero attached hydrogens (tertiary/aromatic N) is 5. The van der Waals surface area contributed by atoms with Crippen LogP contribution in [-0.4, -0.2) is 64.1 Å². The van der Waals surface area contributed by atoms with Crippen LogP contribution < -0.4 is 14.2 Å². The van der Waals surface area contributed by atoms with Crippen molar-refractivity contribution in [2.45, 2.75) is 71.6 Å². The quantitative estimate of drug-likeness (QED) is 0.194. The Balaban J connectivity index is 1.59. The predicted molar refractivity (Wildman–Crippen MR) is 160 cm³/mol. The van der Waals surface area contributed by atoms with Crippen LogP contribution in [-0.2, 0) is 6.61 Å². The Hall–Kier alpha value is -4.06. The van der Waals surface area contributed by atoms with Crippen LogP contribution in [0.4, 0.5) is 8.78 Å². The summed E-state index contributed by atoms with van der Waals surface area (Å²) in [5.41, 5.74) is 4.79. The van der Waals surface area contributed by atoms with Crippen molar-refractivity contribution in [3.8, 4) is 28.9 Å². The third-order valence-electron chi connectivity index (χ3n) is 7.17. The molecule has 1 atom stereocenters. The molecule has 12 heteroatoms. The zero-order chi connectivity index (χ0) is 31.3. The topological polar surface area (TPSA) is 103 Å². The minimum absolute atomic E-state index is 0.0243. The van der Waals surface area contributed by atoms with Crippen molar-refractivity contribution in [3.63, 3.8) is 0 Å². The van der Waals surface area contributed by atoms with Crippen LogP contribution in [0.2, 0.25) is 0 Å². The van der Waals surface area contributed by atoms with Crippen molar-refractivity contribution in [2.24, 2.45) is 0 Å². The maximum absolute atomic E-state index is 13.8. The monoisotopic (exact) mass is 591 g/mol. The molecule has 4 rings (SSSR count). The summed E-state index contributed by atoms with van der Waals surface area (Å²) in [6.45, 7) is 6.51. The van der Waals surface area contributed by atoms with Gasteiger partial charge in [0.05, 0.1) is 19.0 Å². The molecule has 43 heavy (non-hydrogen) atoms. The van der Waals surface area contributed by atoms with Crippen LogP contribution in [0.5, 0.6) is 17.5 Å². The molecule has 0 amide bonds. The van der Waals surface area contributed by atoms with Gasteiger partial charge in [0, 0.05) is 37.4 Å². The van der Waals surface area contributed by atoms with Crippen molar-refractivity contribution >= 4 is 13.5 Å². The fraction of sp³-hybridized carbons (Fsp3) is 0.419. The minimum atomic E-state index is -2.91. The van der Waals surface area contributed by atoms with E-state index in [0.717, 1.165) is 48.6 Å². The summed E-state index contributed by atoms with van der Waals surface area (Å²) >= 11 is 0. The SMILES string of the molecule is [B]C(O)Oc1ncnc(C2CC2)c1-c1ncc(OC)c(OCc2ccc(C(=C(C)CC)N(C)/C=C(\C)C(C)(F)F)cc2)n1. The van der Waals surface area contributed by atoms with Gasteiger partial charge in [-0.1, -0.05) is 31.2 Å². The minimum Gasteiger partial charge on any atom is -0.490 e. The molecule has 1 unspecified atom stereocenters. The summed E-state index contributed by atoms with van der Waals surface area (Å²) in [6, 6.07) is 7.70. The maximum atomic E-state index is 13.8. The Morgan fingerprint density at radius 3 is 2.44 bits per heavy atom. The molecule has 0 bridgehead atoms. The lowest BCUT2D eigenvalue weighted by Crippen LogP contribution is -2.18. The molecule has 3 aromatic rings. The van der Waals surface area contributed by atoms with Crippen molar-refractivity contribution < 1.29 is 28.1 Å². The second-order valence-corrected chi connectivity index (χ2v) is 10.6. The predicted octanol–water partition coefficient (Wildman–Crippen LogP) is 5.85. The molecule has 0 aliphatic heterocycles. The average molecular weight is 591 g/mol. The van der Waals surface area contributed by atoms with Gasteiger partial charge in [0.25, 0.3) is 11.8 Å². The summed E-state index contributed by atoms with van der Waals surface area (Å²) in [6.07, 6.45) is 5.41. The third kappa shape index (κ3) is 7.87. The van der Waals surface area contributed by atoms with E-state index in [2.05, 4.69) is 19.9 Å². The van der Waals surface area contributed by atoms with Gasteiger partial charge in [0.15, 0.2) is 19.4 Å². The Kier molecular flexibility index (Phi) is 10.0. The van der Waals surface area contributed by atoms with E-state index in [1.165, 1.54) is 32.8 Å². The fourth-order valence-corrected chi connectivity index (χ4v) is 4.48. The van der Waals surface area contributed by atoms with Gasteiger partial charge in [0.2, 0.25) is 5.88 Å². The van der Waals surface area contributed by atoms with E-state index >= 15 is 0 Å². The van der Waals surface area contributed by atoms with Gasteiger partial charge < -0.3 is 24.2 Å². The largest absolute Gasteiger partial charge is 0.490 e. The van der Waals surface area contributed by atoms with Crippen molar-refractivity contribution in [1.29, 1.82) is 0 Å². The van der Waals surface area contributed by atoms with Gasteiger partial charge in [-0.2, -0.15) is 4.98 Å². The molecule has 2 heterocycles. The van der Waals surface area contributed by atoms with E-state index < -0.39 is 12.1 Å². The number of hydrogen-bond donors (Lipinski definition) is 1. The third-order valence-corrected chi connectivity index (χ3v) is 7.17. The molecule has 9 nitrogen and oxygen atoms in total. The van der Waals surface area contributed by atoms with Crippen LogP contribution >= 0.6 is 0 Å². The lowest BCUT2D eigenvalue weighted by atomic mass is 10.0. The number of halogens is 2. The van der Waals surface area contributed by atoms with Gasteiger partial charge in [-0.25, -0.2) is 23.7 Å². The Labute approximate surface area is 252 Å². The number of benzene rings is 1. The molecule has 1 aliphatic carbocycles. The van der Waals surface area contributed by atoms with Crippen molar-refractivity contribution in [2.75, 3.05) is 14.2 Å². The number of aliphatic hydroxyl groups excluding tert-OH is 1. The molecule has 1 saturated carbocycles. The molecular formula is C31H36BF2N5O4. The summed E-state index contributed by atoms with van der Waals surface area (Å²) < 4.78 is 44.5. The van der Waals surface area contributed by atoms with Gasteiger partial charge in [-0.05, 0) is 49.8 Å². The van der Waals surface area contributed by atoms with Crippen LogP contribution in [0.1, 0.15) is 69.7 Å². The van der Waals surface area contributed by atoms with Gasteiger partial charge in [0.1, 0.15) is 24.7 Å². The first kappa shape index (κ1) is 31.9. The normalized spacial score (nSPS) is 15.0. The highest BCUT2D eigenvalue weighted by molar-refractivity contribution is 6.10. The van der Waals surface area contributed by atoms with E-state index in [0.29, 0.717) is 17.0 Å². The summed E-state index contributed by atoms with van der Waals surface area (Å²) in [7, 11) is 8.72. The molecular weight excluding hydrogens is 555 g/mol. The molecule has 226 valence electrons. The van der Waals surface area contributed by atoms with Crippen molar-refractivity contribution in [1.82, 2.24) is 24.8 Å². The molecule has 2 aromatic heterocycles. The lowest BCUT2D eigenvalue weighted by molar-refractivity contribution is 0.0510. The van der Waals surface area contributed by atoms with Gasteiger partial charge >= 0.3 is 0 Å². The van der Waals surface area contributed by atoms with E-state index in [9.17, 15) is 13.9 Å². The lowest BCUT2D eigenvalue weighted by Gasteiger charge is -2.24. The Bertz CT molecular complexity index is 1490. The first-order valence-electron chi connectivity index (χ1n) is 14.0. The first-order chi connectivity index (χ1) is 20.4. The van der Waals surface area contributed by atoms with E-state index in [1.54, 1.807) is 11.9 Å². The molecule has 1 N–H and O–H groups in total. The standard InChI is InChI=1S/C31H36BF2N5O4/c1-7-18(2)26(39(5)15-19(3)31(4,33)34)22-10-8-20(9-11-22)16-42-28-23(41-6)14-35-27(38-28)24-25(21-12-13-21)36-17-37-29(24)43-30(32)40/h8-11,14-15,17,21,30,40H,7,12-13,16H2,1-6H3/b19-15+,26-18?. The first-order valence-corrected chi connectivity index (χ1v) is 14.0. The zero-order valence-corrected chi connectivity index (χ0v) is 25.3. The molecule has 1 fully saturated rings. The average Bonchev–Trinajstić information content (AvgIpc) is 3.81. The number of ether oxygens (including phenoxy) is 3. The number of hydrogen-bond acceptors (Lipinski definition) is 9. The highest BCUT2D eigenvalue weighted by atomic mass is 19.3. The Morgan fingerprint density at radius 1 is 1.16 bits per heavy atom. The van der Waals surface area contributed by atoms with E-state index in [4.69, 9.17) is 22.1 Å². The highest BCUT2D eigenvalue weighted by Crippen LogP contribution is 2.45. The number of allylic oxidation sites excluding steroid dienone is 2. The fourth-order valence-electron chi connectivity index (χ4n) is 4.48. The second-order valence-electron chi connectivity index (χ2n) is 10.6. The van der Waals surface area contributed by atoms with Gasteiger partial charge in [-0.3, -0.25) is 0 Å². The van der Waals surface area contributed by atoms with Crippen LogP contribution in [0.15, 0.2) is 54.1 Å². The summed E-state index contributed by atoms with van der Waals surface area (Å²) in [5.74, 6) is -1.86. The maximum Gasteiger partial charge on any atom is 0.268 e. The number of aliphatic hydroxyl groups is 1. The van der Waals surface area contributed by atoms with E-state index in [1.807, 2.05) is 38.1 Å². The van der Waals surface area contributed by atoms with Crippen LogP contribution in [0.25, 0.3) is 17.1 Å². The van der Waals surface area contributed by atoms with E-state index in [-0.39, 0.29) is 35.7 Å². The number of rotatable bonds is 13. The zero-order valence-electron chi connectivity index (χ0n) is 25.3. The number of aromatic nitrogens is 4.